The number of carbonyl (C=O) groups is 2. The molecule has 2 atom stereocenters. The molecule has 0 aliphatic heterocycles. The van der Waals surface area contributed by atoms with E-state index >= 15 is 0 Å². The van der Waals surface area contributed by atoms with Crippen LogP contribution in [-0.2, 0) is 9.59 Å². The van der Waals surface area contributed by atoms with Crippen molar-refractivity contribution in [1.82, 2.24) is 0 Å². The summed E-state index contributed by atoms with van der Waals surface area (Å²) < 4.78 is 0. The second-order valence-corrected chi connectivity index (χ2v) is 3.85. The maximum absolute atomic E-state index is 11.2. The molecule has 15 heavy (non-hydrogen) atoms. The van der Waals surface area contributed by atoms with Crippen molar-refractivity contribution in [2.24, 2.45) is 5.92 Å². The summed E-state index contributed by atoms with van der Waals surface area (Å²) in [5.74, 6) is -0.125. The van der Waals surface area contributed by atoms with Gasteiger partial charge in [-0.05, 0) is 39.2 Å². The number of hydrogen-bond donors (Lipinski definition) is 1. The van der Waals surface area contributed by atoms with Crippen LogP contribution >= 0.6 is 0 Å². The van der Waals surface area contributed by atoms with Crippen molar-refractivity contribution in [3.05, 3.63) is 12.2 Å². The van der Waals surface area contributed by atoms with Gasteiger partial charge in [-0.15, -0.1) is 0 Å². The van der Waals surface area contributed by atoms with Gasteiger partial charge in [-0.2, -0.15) is 0 Å². The molecular weight excluding hydrogens is 192 g/mol. The first-order chi connectivity index (χ1) is 6.97. The van der Waals surface area contributed by atoms with E-state index in [0.29, 0.717) is 19.3 Å². The SMILES string of the molecule is CCC(O)CC(C/C=C/C(C)=O)C(C)=O. The van der Waals surface area contributed by atoms with E-state index in [2.05, 4.69) is 0 Å². The van der Waals surface area contributed by atoms with Crippen LogP contribution in [-0.4, -0.2) is 22.8 Å². The molecule has 0 aliphatic carbocycles. The summed E-state index contributed by atoms with van der Waals surface area (Å²) in [6.45, 7) is 4.88. The van der Waals surface area contributed by atoms with Crippen molar-refractivity contribution in [2.75, 3.05) is 0 Å². The molecule has 1 N–H and O–H groups in total. The minimum absolute atomic E-state index is 0.0201. The van der Waals surface area contributed by atoms with E-state index in [1.165, 1.54) is 19.9 Å². The Morgan fingerprint density at radius 3 is 2.33 bits per heavy atom. The van der Waals surface area contributed by atoms with Gasteiger partial charge in [0.1, 0.15) is 5.78 Å². The largest absolute Gasteiger partial charge is 0.393 e. The molecule has 86 valence electrons. The highest BCUT2D eigenvalue weighted by Crippen LogP contribution is 2.15. The fourth-order valence-corrected chi connectivity index (χ4v) is 1.32. The lowest BCUT2D eigenvalue weighted by molar-refractivity contribution is -0.121. The fourth-order valence-electron chi connectivity index (χ4n) is 1.32. The summed E-state index contributed by atoms with van der Waals surface area (Å²) in [4.78, 5) is 21.9. The zero-order valence-electron chi connectivity index (χ0n) is 9.69. The average Bonchev–Trinajstić information content (AvgIpc) is 2.15. The van der Waals surface area contributed by atoms with Gasteiger partial charge >= 0.3 is 0 Å². The molecule has 0 spiro atoms. The van der Waals surface area contributed by atoms with Crippen LogP contribution in [0.2, 0.25) is 0 Å². The minimum Gasteiger partial charge on any atom is -0.393 e. The van der Waals surface area contributed by atoms with Crippen molar-refractivity contribution in [3.8, 4) is 0 Å². The summed E-state index contributed by atoms with van der Waals surface area (Å²) in [7, 11) is 0. The minimum atomic E-state index is -0.426. The van der Waals surface area contributed by atoms with Crippen molar-refractivity contribution < 1.29 is 14.7 Å². The van der Waals surface area contributed by atoms with Crippen LogP contribution in [0, 0.1) is 5.92 Å². The highest BCUT2D eigenvalue weighted by molar-refractivity contribution is 5.87. The van der Waals surface area contributed by atoms with Gasteiger partial charge in [0.15, 0.2) is 5.78 Å². The molecule has 0 fully saturated rings. The predicted octanol–water partition coefficient (Wildman–Crippen LogP) is 1.89. The lowest BCUT2D eigenvalue weighted by Gasteiger charge is -2.14. The molecule has 3 heteroatoms. The molecular formula is C12H20O3. The maximum atomic E-state index is 11.2. The summed E-state index contributed by atoms with van der Waals surface area (Å²) in [5.41, 5.74) is 0. The molecule has 0 radical (unpaired) electrons. The Labute approximate surface area is 91.2 Å². The summed E-state index contributed by atoms with van der Waals surface area (Å²) in [5, 5.41) is 9.44. The molecule has 0 aromatic rings. The van der Waals surface area contributed by atoms with E-state index in [1.54, 1.807) is 6.08 Å². The van der Waals surface area contributed by atoms with Gasteiger partial charge in [0.05, 0.1) is 6.10 Å². The smallest absolute Gasteiger partial charge is 0.152 e. The van der Waals surface area contributed by atoms with Gasteiger partial charge in [-0.1, -0.05) is 13.0 Å². The number of carbonyl (C=O) groups excluding carboxylic acids is 2. The number of rotatable bonds is 7. The molecule has 0 rings (SSSR count). The van der Waals surface area contributed by atoms with Crippen molar-refractivity contribution >= 4 is 11.6 Å². The number of Topliss-reactive ketones (excluding diaryl/α,β-unsaturated/α-hetero) is 1. The number of ketones is 2. The molecule has 2 unspecified atom stereocenters. The zero-order valence-corrected chi connectivity index (χ0v) is 9.69. The Balaban J connectivity index is 4.16. The summed E-state index contributed by atoms with van der Waals surface area (Å²) in [6.07, 6.45) is 4.41. The van der Waals surface area contributed by atoms with E-state index in [1.807, 2.05) is 6.92 Å². The highest BCUT2D eigenvalue weighted by atomic mass is 16.3. The summed E-state index contributed by atoms with van der Waals surface area (Å²) >= 11 is 0. The Kier molecular flexibility index (Phi) is 6.88. The van der Waals surface area contributed by atoms with E-state index in [9.17, 15) is 14.7 Å². The van der Waals surface area contributed by atoms with Gasteiger partial charge < -0.3 is 5.11 Å². The second kappa shape index (κ2) is 7.35. The summed E-state index contributed by atoms with van der Waals surface area (Å²) in [6, 6.07) is 0. The lowest BCUT2D eigenvalue weighted by atomic mass is 9.93. The van der Waals surface area contributed by atoms with Crippen LogP contribution in [0.15, 0.2) is 12.2 Å². The van der Waals surface area contributed by atoms with Gasteiger partial charge in [0.25, 0.3) is 0 Å². The van der Waals surface area contributed by atoms with Gasteiger partial charge in [0.2, 0.25) is 0 Å². The topological polar surface area (TPSA) is 54.4 Å². The molecule has 0 amide bonds. The maximum Gasteiger partial charge on any atom is 0.152 e. The first-order valence-corrected chi connectivity index (χ1v) is 5.33. The van der Waals surface area contributed by atoms with Gasteiger partial charge in [-0.3, -0.25) is 9.59 Å². The molecule has 0 aliphatic rings. The lowest BCUT2D eigenvalue weighted by Crippen LogP contribution is -2.18. The fraction of sp³-hybridized carbons (Fsp3) is 0.667. The van der Waals surface area contributed by atoms with Crippen molar-refractivity contribution in [1.29, 1.82) is 0 Å². The Bertz CT molecular complexity index is 243. The second-order valence-electron chi connectivity index (χ2n) is 3.85. The van der Waals surface area contributed by atoms with Crippen LogP contribution in [0.3, 0.4) is 0 Å². The average molecular weight is 212 g/mol. The molecule has 0 saturated carbocycles. The van der Waals surface area contributed by atoms with Crippen LogP contribution in [0.5, 0.6) is 0 Å². The molecule has 0 bridgehead atoms. The van der Waals surface area contributed by atoms with E-state index in [-0.39, 0.29) is 17.5 Å². The van der Waals surface area contributed by atoms with Crippen LogP contribution in [0.4, 0.5) is 0 Å². The monoisotopic (exact) mass is 212 g/mol. The van der Waals surface area contributed by atoms with Crippen LogP contribution in [0.25, 0.3) is 0 Å². The van der Waals surface area contributed by atoms with Gasteiger partial charge in [-0.25, -0.2) is 0 Å². The number of allylic oxidation sites excluding steroid dienone is 2. The molecule has 3 nitrogen and oxygen atoms in total. The number of hydrogen-bond acceptors (Lipinski definition) is 3. The molecule has 0 saturated heterocycles. The third kappa shape index (κ3) is 7.03. The Morgan fingerprint density at radius 2 is 1.93 bits per heavy atom. The normalized spacial score (nSPS) is 15.2. The van der Waals surface area contributed by atoms with Crippen LogP contribution in [0.1, 0.15) is 40.0 Å². The Morgan fingerprint density at radius 1 is 1.33 bits per heavy atom. The zero-order chi connectivity index (χ0) is 11.8. The van der Waals surface area contributed by atoms with E-state index in [4.69, 9.17) is 0 Å². The first kappa shape index (κ1) is 14.0. The van der Waals surface area contributed by atoms with Crippen molar-refractivity contribution in [2.45, 2.75) is 46.1 Å². The van der Waals surface area contributed by atoms with Crippen molar-refractivity contribution in [3.63, 3.8) is 0 Å². The molecule has 0 aromatic heterocycles. The Hall–Kier alpha value is -0.960. The van der Waals surface area contributed by atoms with Crippen LogP contribution < -0.4 is 0 Å². The van der Waals surface area contributed by atoms with E-state index in [0.717, 1.165) is 0 Å². The third-order valence-electron chi connectivity index (χ3n) is 2.38. The highest BCUT2D eigenvalue weighted by Gasteiger charge is 2.16. The standard InChI is InChI=1S/C12H20O3/c1-4-12(15)8-11(10(3)14)7-5-6-9(2)13/h5-6,11-12,15H,4,7-8H2,1-3H3/b6-5+. The third-order valence-corrected chi connectivity index (χ3v) is 2.38. The predicted molar refractivity (Wildman–Crippen MR) is 59.5 cm³/mol. The number of aliphatic hydroxyl groups excluding tert-OH is 1. The molecule has 0 aromatic carbocycles. The van der Waals surface area contributed by atoms with E-state index < -0.39 is 6.10 Å². The quantitative estimate of drug-likeness (QED) is 0.656. The van der Waals surface area contributed by atoms with Gasteiger partial charge in [0, 0.05) is 5.92 Å². The molecule has 0 heterocycles. The number of aliphatic hydroxyl groups is 1. The first-order valence-electron chi connectivity index (χ1n) is 5.33.